The largest absolute Gasteiger partial charge is 0.318 e. The van der Waals surface area contributed by atoms with Crippen molar-refractivity contribution in [2.45, 2.75) is 38.8 Å². The fourth-order valence-electron chi connectivity index (χ4n) is 2.87. The fraction of sp³-hybridized carbons (Fsp3) is 1.00. The van der Waals surface area contributed by atoms with Crippen LogP contribution in [0.4, 0.5) is 0 Å². The Morgan fingerprint density at radius 1 is 1.12 bits per heavy atom. The third kappa shape index (κ3) is 2.96. The maximum atomic E-state index is 3.34. The van der Waals surface area contributed by atoms with Crippen LogP contribution in [0.25, 0.3) is 0 Å². The van der Waals surface area contributed by atoms with Gasteiger partial charge in [-0.3, -0.25) is 9.80 Å². The van der Waals surface area contributed by atoms with Crippen LogP contribution in [0.5, 0.6) is 0 Å². The van der Waals surface area contributed by atoms with Crippen molar-refractivity contribution in [2.75, 3.05) is 39.8 Å². The van der Waals surface area contributed by atoms with Crippen molar-refractivity contribution in [1.29, 1.82) is 0 Å². The molecule has 16 heavy (non-hydrogen) atoms. The molecule has 2 rings (SSSR count). The van der Waals surface area contributed by atoms with E-state index in [-0.39, 0.29) is 0 Å². The van der Waals surface area contributed by atoms with Crippen molar-refractivity contribution in [2.24, 2.45) is 5.92 Å². The number of likely N-dealkylation sites (N-methyl/N-ethyl adjacent to an activating group) is 1. The van der Waals surface area contributed by atoms with E-state index in [0.717, 1.165) is 18.5 Å². The Morgan fingerprint density at radius 2 is 1.75 bits per heavy atom. The second-order valence-corrected chi connectivity index (χ2v) is 5.67. The van der Waals surface area contributed by atoms with Crippen molar-refractivity contribution in [3.63, 3.8) is 0 Å². The van der Waals surface area contributed by atoms with Crippen LogP contribution in [0.1, 0.15) is 26.7 Å². The number of hydrogen-bond donors (Lipinski definition) is 1. The van der Waals surface area contributed by atoms with E-state index in [1.165, 1.54) is 39.0 Å². The number of nitrogens with one attached hydrogen (secondary N) is 1. The van der Waals surface area contributed by atoms with Gasteiger partial charge in [-0.05, 0) is 25.8 Å². The van der Waals surface area contributed by atoms with Gasteiger partial charge in [-0.15, -0.1) is 0 Å². The highest BCUT2D eigenvalue weighted by molar-refractivity contribution is 4.89. The molecule has 1 unspecified atom stereocenters. The zero-order chi connectivity index (χ0) is 11.5. The molecule has 0 amide bonds. The second kappa shape index (κ2) is 5.48. The van der Waals surface area contributed by atoms with E-state index in [9.17, 15) is 0 Å². The van der Waals surface area contributed by atoms with E-state index >= 15 is 0 Å². The highest BCUT2D eigenvalue weighted by Gasteiger charge is 2.33. The van der Waals surface area contributed by atoms with Gasteiger partial charge in [-0.2, -0.15) is 0 Å². The molecule has 2 aliphatic rings. The molecule has 1 saturated carbocycles. The topological polar surface area (TPSA) is 18.5 Å². The van der Waals surface area contributed by atoms with E-state index in [4.69, 9.17) is 0 Å². The molecule has 1 aliphatic heterocycles. The molecule has 3 heteroatoms. The van der Waals surface area contributed by atoms with Crippen molar-refractivity contribution in [3.8, 4) is 0 Å². The van der Waals surface area contributed by atoms with Gasteiger partial charge in [0.2, 0.25) is 0 Å². The SMILES string of the molecule is CNCC(C(C)C)N1CCN(C2CC2)CC1. The first kappa shape index (κ1) is 12.3. The molecule has 1 heterocycles. The summed E-state index contributed by atoms with van der Waals surface area (Å²) < 4.78 is 0. The van der Waals surface area contributed by atoms with Gasteiger partial charge in [0.15, 0.2) is 0 Å². The summed E-state index contributed by atoms with van der Waals surface area (Å²) >= 11 is 0. The monoisotopic (exact) mass is 225 g/mol. The molecule has 3 nitrogen and oxygen atoms in total. The van der Waals surface area contributed by atoms with Crippen LogP contribution in [0.3, 0.4) is 0 Å². The minimum Gasteiger partial charge on any atom is -0.318 e. The third-order valence-corrected chi connectivity index (χ3v) is 4.06. The maximum Gasteiger partial charge on any atom is 0.0244 e. The number of rotatable bonds is 5. The second-order valence-electron chi connectivity index (χ2n) is 5.67. The third-order valence-electron chi connectivity index (χ3n) is 4.06. The van der Waals surface area contributed by atoms with Gasteiger partial charge in [0, 0.05) is 44.8 Å². The zero-order valence-electron chi connectivity index (χ0n) is 11.1. The minimum atomic E-state index is 0.714. The number of piperazine rings is 1. The lowest BCUT2D eigenvalue weighted by molar-refractivity contribution is 0.0729. The minimum absolute atomic E-state index is 0.714. The van der Waals surface area contributed by atoms with E-state index in [1.54, 1.807) is 0 Å². The highest BCUT2D eigenvalue weighted by Crippen LogP contribution is 2.28. The Morgan fingerprint density at radius 3 is 2.19 bits per heavy atom. The van der Waals surface area contributed by atoms with E-state index in [1.807, 2.05) is 0 Å². The molecule has 1 N–H and O–H groups in total. The van der Waals surface area contributed by atoms with Crippen LogP contribution < -0.4 is 5.32 Å². The van der Waals surface area contributed by atoms with Crippen LogP contribution in [0, 0.1) is 5.92 Å². The first-order chi connectivity index (χ1) is 7.72. The van der Waals surface area contributed by atoms with Gasteiger partial charge in [0.25, 0.3) is 0 Å². The Hall–Kier alpha value is -0.120. The average Bonchev–Trinajstić information content (AvgIpc) is 3.10. The summed E-state index contributed by atoms with van der Waals surface area (Å²) in [5, 5.41) is 3.34. The van der Waals surface area contributed by atoms with Crippen LogP contribution in [-0.2, 0) is 0 Å². The van der Waals surface area contributed by atoms with E-state index in [0.29, 0.717) is 6.04 Å². The molecule has 0 aromatic heterocycles. The summed E-state index contributed by atoms with van der Waals surface area (Å²) in [6.07, 6.45) is 2.90. The molecule has 0 spiro atoms. The predicted molar refractivity (Wildman–Crippen MR) is 68.7 cm³/mol. The van der Waals surface area contributed by atoms with Crippen molar-refractivity contribution in [1.82, 2.24) is 15.1 Å². The first-order valence-electron chi connectivity index (χ1n) is 6.85. The van der Waals surface area contributed by atoms with Gasteiger partial charge >= 0.3 is 0 Å². The number of nitrogens with zero attached hydrogens (tertiary/aromatic N) is 2. The van der Waals surface area contributed by atoms with Gasteiger partial charge in [0.1, 0.15) is 0 Å². The van der Waals surface area contributed by atoms with Gasteiger partial charge in [-0.1, -0.05) is 13.8 Å². The van der Waals surface area contributed by atoms with Crippen molar-refractivity contribution < 1.29 is 0 Å². The lowest BCUT2D eigenvalue weighted by Gasteiger charge is -2.41. The molecule has 0 bridgehead atoms. The first-order valence-corrected chi connectivity index (χ1v) is 6.85. The maximum absolute atomic E-state index is 3.34. The summed E-state index contributed by atoms with van der Waals surface area (Å²) in [6.45, 7) is 10.9. The lowest BCUT2D eigenvalue weighted by Crippen LogP contribution is -2.54. The van der Waals surface area contributed by atoms with Gasteiger partial charge in [0.05, 0.1) is 0 Å². The molecular weight excluding hydrogens is 198 g/mol. The van der Waals surface area contributed by atoms with Gasteiger partial charge in [-0.25, -0.2) is 0 Å². The molecule has 0 radical (unpaired) electrons. The lowest BCUT2D eigenvalue weighted by atomic mass is 10.0. The summed E-state index contributed by atoms with van der Waals surface area (Å²) in [5.41, 5.74) is 0. The summed E-state index contributed by atoms with van der Waals surface area (Å²) in [6, 6.07) is 1.66. The van der Waals surface area contributed by atoms with E-state index < -0.39 is 0 Å². The van der Waals surface area contributed by atoms with Crippen LogP contribution in [0.2, 0.25) is 0 Å². The Bertz CT molecular complexity index is 205. The predicted octanol–water partition coefficient (Wildman–Crippen LogP) is 1.01. The standard InChI is InChI=1S/C13H27N3/c1-11(2)13(10-14-3)16-8-6-15(7-9-16)12-4-5-12/h11-14H,4-10H2,1-3H3. The van der Waals surface area contributed by atoms with E-state index in [2.05, 4.69) is 36.0 Å². The molecule has 1 saturated heterocycles. The average molecular weight is 225 g/mol. The summed E-state index contributed by atoms with van der Waals surface area (Å²) in [4.78, 5) is 5.37. The highest BCUT2D eigenvalue weighted by atomic mass is 15.3. The molecule has 0 aromatic rings. The smallest absolute Gasteiger partial charge is 0.0244 e. The van der Waals surface area contributed by atoms with Gasteiger partial charge < -0.3 is 5.32 Å². The zero-order valence-corrected chi connectivity index (χ0v) is 11.1. The van der Waals surface area contributed by atoms with Crippen LogP contribution in [-0.4, -0.2) is 61.7 Å². The molecule has 1 atom stereocenters. The molecule has 0 aromatic carbocycles. The molecule has 2 fully saturated rings. The molecule has 1 aliphatic carbocycles. The Kier molecular flexibility index (Phi) is 4.22. The Labute approximate surface area is 100 Å². The van der Waals surface area contributed by atoms with Crippen LogP contribution >= 0.6 is 0 Å². The fourth-order valence-corrected chi connectivity index (χ4v) is 2.87. The van der Waals surface area contributed by atoms with Crippen molar-refractivity contribution >= 4 is 0 Å². The molecule has 94 valence electrons. The van der Waals surface area contributed by atoms with Crippen molar-refractivity contribution in [3.05, 3.63) is 0 Å². The summed E-state index contributed by atoms with van der Waals surface area (Å²) in [5.74, 6) is 0.750. The Balaban J connectivity index is 1.80. The van der Waals surface area contributed by atoms with Crippen LogP contribution in [0.15, 0.2) is 0 Å². The summed E-state index contributed by atoms with van der Waals surface area (Å²) in [7, 11) is 2.07. The molecular formula is C13H27N3. The quantitative estimate of drug-likeness (QED) is 0.753. The number of hydrogen-bond acceptors (Lipinski definition) is 3. The normalized spacial score (nSPS) is 26.2.